The minimum Gasteiger partial charge on any atom is -0.302 e. The molecule has 1 saturated heterocycles. The molecular formula is C23H24FN3O3S2. The van der Waals surface area contributed by atoms with Crippen LogP contribution in [0.2, 0.25) is 0 Å². The Morgan fingerprint density at radius 2 is 1.72 bits per heavy atom. The Morgan fingerprint density at radius 3 is 2.38 bits per heavy atom. The lowest BCUT2D eigenvalue weighted by molar-refractivity contribution is -0.115. The maximum Gasteiger partial charge on any atom is 0.243 e. The Bertz CT molecular complexity index is 1200. The molecule has 4 rings (SSSR count). The van der Waals surface area contributed by atoms with Crippen molar-refractivity contribution in [2.45, 2.75) is 37.5 Å². The first-order valence-corrected chi connectivity index (χ1v) is 12.7. The lowest BCUT2D eigenvalue weighted by Crippen LogP contribution is -2.35. The molecule has 6 nitrogen and oxygen atoms in total. The van der Waals surface area contributed by atoms with Crippen LogP contribution < -0.4 is 5.32 Å². The van der Waals surface area contributed by atoms with E-state index in [2.05, 4.69) is 10.3 Å². The molecule has 2 aromatic carbocycles. The molecule has 1 aliphatic heterocycles. The number of sulfonamides is 1. The molecule has 1 amide bonds. The van der Waals surface area contributed by atoms with Crippen molar-refractivity contribution in [3.63, 3.8) is 0 Å². The minimum atomic E-state index is -3.49. The summed E-state index contributed by atoms with van der Waals surface area (Å²) in [6, 6.07) is 12.5. The van der Waals surface area contributed by atoms with Gasteiger partial charge < -0.3 is 5.32 Å². The summed E-state index contributed by atoms with van der Waals surface area (Å²) in [6.45, 7) is 3.01. The van der Waals surface area contributed by atoms with Crippen LogP contribution in [-0.2, 0) is 21.2 Å². The van der Waals surface area contributed by atoms with Crippen molar-refractivity contribution < 1.29 is 17.6 Å². The molecule has 3 aromatic rings. The molecule has 32 heavy (non-hydrogen) atoms. The molecule has 0 spiro atoms. The highest BCUT2D eigenvalue weighted by molar-refractivity contribution is 7.89. The van der Waals surface area contributed by atoms with E-state index in [-0.39, 0.29) is 23.0 Å². The zero-order chi connectivity index (χ0) is 22.7. The Morgan fingerprint density at radius 1 is 1.06 bits per heavy atom. The monoisotopic (exact) mass is 473 g/mol. The molecule has 9 heteroatoms. The second-order valence-electron chi connectivity index (χ2n) is 7.76. The van der Waals surface area contributed by atoms with E-state index < -0.39 is 10.0 Å². The van der Waals surface area contributed by atoms with E-state index in [9.17, 15) is 17.6 Å². The average Bonchev–Trinajstić information content (AvgIpc) is 3.15. The number of benzene rings is 2. The van der Waals surface area contributed by atoms with Gasteiger partial charge in [0, 0.05) is 23.5 Å². The van der Waals surface area contributed by atoms with E-state index in [1.165, 1.54) is 27.8 Å². The van der Waals surface area contributed by atoms with E-state index in [1.807, 2.05) is 6.92 Å². The van der Waals surface area contributed by atoms with Crippen LogP contribution in [0.5, 0.6) is 0 Å². The third-order valence-electron chi connectivity index (χ3n) is 5.40. The Hall–Kier alpha value is -2.62. The summed E-state index contributed by atoms with van der Waals surface area (Å²) in [6.07, 6.45) is 2.94. The van der Waals surface area contributed by atoms with E-state index in [0.717, 1.165) is 29.7 Å². The highest BCUT2D eigenvalue weighted by Gasteiger charge is 2.25. The first-order chi connectivity index (χ1) is 15.3. The number of hydrogen-bond acceptors (Lipinski definition) is 5. The van der Waals surface area contributed by atoms with Gasteiger partial charge in [0.1, 0.15) is 5.82 Å². The second-order valence-corrected chi connectivity index (χ2v) is 10.9. The summed E-state index contributed by atoms with van der Waals surface area (Å²) in [4.78, 5) is 18.1. The lowest BCUT2D eigenvalue weighted by Gasteiger charge is -2.25. The number of piperidine rings is 1. The SMILES string of the molecule is Cc1sc(NC(=O)Cc2ccc(S(=O)(=O)N3CCCCC3)cc2)nc1-c1ccc(F)cc1. The number of carbonyl (C=O) groups excluding carboxylic acids is 1. The number of rotatable bonds is 6. The van der Waals surface area contributed by atoms with Crippen LogP contribution in [0, 0.1) is 12.7 Å². The van der Waals surface area contributed by atoms with Crippen LogP contribution in [-0.4, -0.2) is 36.7 Å². The van der Waals surface area contributed by atoms with Crippen molar-refractivity contribution in [1.82, 2.24) is 9.29 Å². The number of nitrogens with one attached hydrogen (secondary N) is 1. The predicted octanol–water partition coefficient (Wildman–Crippen LogP) is 4.61. The standard InChI is InChI=1S/C23H24FN3O3S2/c1-16-22(18-7-9-19(24)10-8-18)26-23(31-16)25-21(28)15-17-5-11-20(12-6-17)32(29,30)27-13-3-2-4-14-27/h5-12H,2-4,13-15H2,1H3,(H,25,26,28). The number of amides is 1. The fourth-order valence-electron chi connectivity index (χ4n) is 3.71. The first kappa shape index (κ1) is 22.6. The predicted molar refractivity (Wildman–Crippen MR) is 124 cm³/mol. The highest BCUT2D eigenvalue weighted by atomic mass is 32.2. The van der Waals surface area contributed by atoms with Gasteiger partial charge in [-0.15, -0.1) is 11.3 Å². The van der Waals surface area contributed by atoms with Gasteiger partial charge in [-0.1, -0.05) is 18.6 Å². The highest BCUT2D eigenvalue weighted by Crippen LogP contribution is 2.30. The van der Waals surface area contributed by atoms with Gasteiger partial charge in [0.05, 0.1) is 17.0 Å². The zero-order valence-corrected chi connectivity index (χ0v) is 19.3. The summed E-state index contributed by atoms with van der Waals surface area (Å²) < 4.78 is 40.2. The number of carbonyl (C=O) groups is 1. The molecule has 0 bridgehead atoms. The van der Waals surface area contributed by atoms with E-state index in [4.69, 9.17) is 0 Å². The van der Waals surface area contributed by atoms with Crippen molar-refractivity contribution in [3.05, 3.63) is 64.8 Å². The molecule has 2 heterocycles. The van der Waals surface area contributed by atoms with Crippen molar-refractivity contribution >= 4 is 32.4 Å². The van der Waals surface area contributed by atoms with Gasteiger partial charge in [-0.25, -0.2) is 17.8 Å². The summed E-state index contributed by atoms with van der Waals surface area (Å²) in [5.41, 5.74) is 2.20. The number of halogens is 1. The van der Waals surface area contributed by atoms with Crippen molar-refractivity contribution in [3.8, 4) is 11.3 Å². The molecule has 1 fully saturated rings. The summed E-state index contributed by atoms with van der Waals surface area (Å²) >= 11 is 1.35. The van der Waals surface area contributed by atoms with Crippen LogP contribution in [0.25, 0.3) is 11.3 Å². The molecule has 0 saturated carbocycles. The van der Waals surface area contributed by atoms with Crippen LogP contribution >= 0.6 is 11.3 Å². The average molecular weight is 474 g/mol. The van der Waals surface area contributed by atoms with Gasteiger partial charge in [-0.3, -0.25) is 4.79 Å². The Labute approximate surface area is 191 Å². The van der Waals surface area contributed by atoms with Crippen LogP contribution in [0.1, 0.15) is 29.7 Å². The molecule has 1 N–H and O–H groups in total. The number of hydrogen-bond donors (Lipinski definition) is 1. The van der Waals surface area contributed by atoms with Crippen LogP contribution in [0.4, 0.5) is 9.52 Å². The molecule has 0 atom stereocenters. The molecular weight excluding hydrogens is 449 g/mol. The quantitative estimate of drug-likeness (QED) is 0.567. The van der Waals surface area contributed by atoms with Gasteiger partial charge in [-0.2, -0.15) is 4.31 Å². The number of thiazole rings is 1. The molecule has 0 unspecified atom stereocenters. The maximum atomic E-state index is 13.2. The Balaban J connectivity index is 1.40. The van der Waals surface area contributed by atoms with Crippen molar-refractivity contribution in [1.29, 1.82) is 0 Å². The van der Waals surface area contributed by atoms with Crippen LogP contribution in [0.3, 0.4) is 0 Å². The molecule has 0 aliphatic carbocycles. The van der Waals surface area contributed by atoms with Crippen LogP contribution in [0.15, 0.2) is 53.4 Å². The third-order valence-corrected chi connectivity index (χ3v) is 8.20. The number of nitrogens with zero attached hydrogens (tertiary/aromatic N) is 2. The first-order valence-electron chi connectivity index (χ1n) is 10.5. The second kappa shape index (κ2) is 9.48. The summed E-state index contributed by atoms with van der Waals surface area (Å²) in [5.74, 6) is -0.555. The van der Waals surface area contributed by atoms with Crippen molar-refractivity contribution in [2.24, 2.45) is 0 Å². The normalized spacial score (nSPS) is 14.9. The van der Waals surface area contributed by atoms with E-state index >= 15 is 0 Å². The van der Waals surface area contributed by atoms with Gasteiger partial charge in [-0.05, 0) is 61.7 Å². The maximum absolute atomic E-state index is 13.2. The fraction of sp³-hybridized carbons (Fsp3) is 0.304. The summed E-state index contributed by atoms with van der Waals surface area (Å²) in [5, 5.41) is 3.27. The largest absolute Gasteiger partial charge is 0.302 e. The molecule has 1 aliphatic rings. The number of aryl methyl sites for hydroxylation is 1. The number of aromatic nitrogens is 1. The smallest absolute Gasteiger partial charge is 0.243 e. The topological polar surface area (TPSA) is 79.4 Å². The number of anilines is 1. The lowest BCUT2D eigenvalue weighted by atomic mass is 10.1. The molecule has 1 aromatic heterocycles. The van der Waals surface area contributed by atoms with Gasteiger partial charge in [0.25, 0.3) is 0 Å². The Kier molecular flexibility index (Phi) is 6.68. The molecule has 168 valence electrons. The fourth-order valence-corrected chi connectivity index (χ4v) is 6.08. The zero-order valence-electron chi connectivity index (χ0n) is 17.7. The third kappa shape index (κ3) is 5.06. The molecule has 0 radical (unpaired) electrons. The van der Waals surface area contributed by atoms with Gasteiger partial charge in [0.2, 0.25) is 15.9 Å². The van der Waals surface area contributed by atoms with Gasteiger partial charge in [0.15, 0.2) is 5.13 Å². The van der Waals surface area contributed by atoms with E-state index in [1.54, 1.807) is 36.4 Å². The minimum absolute atomic E-state index is 0.106. The van der Waals surface area contributed by atoms with Crippen molar-refractivity contribution in [2.75, 3.05) is 18.4 Å². The van der Waals surface area contributed by atoms with E-state index in [0.29, 0.717) is 29.5 Å². The van der Waals surface area contributed by atoms with Gasteiger partial charge >= 0.3 is 0 Å². The summed E-state index contributed by atoms with van der Waals surface area (Å²) in [7, 11) is -3.49.